The Morgan fingerprint density at radius 1 is 1.22 bits per heavy atom. The fourth-order valence-corrected chi connectivity index (χ4v) is 1.74. The number of esters is 1. The van der Waals surface area contributed by atoms with E-state index in [2.05, 4.69) is 9.47 Å². The number of alkyl carbamates (subject to hydrolysis) is 1. The first-order valence-corrected chi connectivity index (χ1v) is 6.68. The second kappa shape index (κ2) is 7.40. The van der Waals surface area contributed by atoms with Crippen LogP contribution in [0.2, 0.25) is 5.02 Å². The average Bonchev–Trinajstić information content (AvgIpc) is 2.47. The van der Waals surface area contributed by atoms with Gasteiger partial charge in [0.05, 0.1) is 13.7 Å². The van der Waals surface area contributed by atoms with Crippen LogP contribution in [0.5, 0.6) is 0 Å². The van der Waals surface area contributed by atoms with Gasteiger partial charge in [0.25, 0.3) is 0 Å². The molecule has 0 saturated heterocycles. The number of methoxy groups -OCH3 is 1. The molecule has 0 aromatic heterocycles. The van der Waals surface area contributed by atoms with Gasteiger partial charge in [-0.25, -0.2) is 9.59 Å². The molecular formula is C13H14ClF3N2O4. The highest BCUT2D eigenvalue weighted by molar-refractivity contribution is 6.30. The van der Waals surface area contributed by atoms with Gasteiger partial charge in [0.2, 0.25) is 0 Å². The number of rotatable bonds is 5. The maximum Gasteiger partial charge on any atom is 0.442 e. The standard InChI is InChI=1S/C13H14ClF3N2O4/c1-3-23-11(21)19-12(10(20)22-2,13(15,16)17)18-9-6-4-8(14)5-7-9/h4-7,18H,3H2,1-2H3,(H,19,21)/t12-/m0/s1. The second-order valence-corrected chi connectivity index (χ2v) is 4.65. The molecule has 128 valence electrons. The fraction of sp³-hybridized carbons (Fsp3) is 0.385. The highest BCUT2D eigenvalue weighted by atomic mass is 35.5. The Hall–Kier alpha value is -2.16. The van der Waals surface area contributed by atoms with Crippen LogP contribution in [0.25, 0.3) is 0 Å². The molecule has 0 radical (unpaired) electrons. The van der Waals surface area contributed by atoms with E-state index in [1.807, 2.05) is 5.32 Å². The van der Waals surface area contributed by atoms with Gasteiger partial charge >= 0.3 is 23.9 Å². The Morgan fingerprint density at radius 3 is 2.22 bits per heavy atom. The van der Waals surface area contributed by atoms with Gasteiger partial charge in [0.15, 0.2) is 0 Å². The number of benzene rings is 1. The van der Waals surface area contributed by atoms with E-state index in [4.69, 9.17) is 11.6 Å². The third-order valence-electron chi connectivity index (χ3n) is 2.66. The van der Waals surface area contributed by atoms with E-state index in [0.717, 1.165) is 7.11 Å². The van der Waals surface area contributed by atoms with Crippen molar-refractivity contribution in [3.05, 3.63) is 29.3 Å². The number of alkyl halides is 3. The van der Waals surface area contributed by atoms with Crippen LogP contribution < -0.4 is 10.6 Å². The minimum absolute atomic E-state index is 0.117. The van der Waals surface area contributed by atoms with Crippen molar-refractivity contribution >= 4 is 29.4 Å². The van der Waals surface area contributed by atoms with Crippen molar-refractivity contribution in [3.63, 3.8) is 0 Å². The van der Waals surface area contributed by atoms with E-state index in [-0.39, 0.29) is 17.3 Å². The molecule has 0 saturated carbocycles. The van der Waals surface area contributed by atoms with Gasteiger partial charge in [-0.05, 0) is 31.2 Å². The minimum atomic E-state index is -5.22. The Kier molecular flexibility index (Phi) is 6.08. The summed E-state index contributed by atoms with van der Waals surface area (Å²) in [6.07, 6.45) is -6.65. The summed E-state index contributed by atoms with van der Waals surface area (Å²) in [6.45, 7) is 1.22. The third kappa shape index (κ3) is 4.41. The summed E-state index contributed by atoms with van der Waals surface area (Å²) in [5.74, 6) is -1.76. The SMILES string of the molecule is CCOC(=O)N[C@@](Nc1ccc(Cl)cc1)(C(=O)OC)C(F)(F)F. The van der Waals surface area contributed by atoms with Gasteiger partial charge < -0.3 is 14.8 Å². The molecule has 0 aliphatic heterocycles. The summed E-state index contributed by atoms with van der Waals surface area (Å²) in [5.41, 5.74) is -3.63. The van der Waals surface area contributed by atoms with Gasteiger partial charge in [-0.1, -0.05) is 11.6 Å². The zero-order chi connectivity index (χ0) is 17.7. The maximum atomic E-state index is 13.5. The van der Waals surface area contributed by atoms with Gasteiger partial charge in [-0.3, -0.25) is 5.32 Å². The van der Waals surface area contributed by atoms with Crippen LogP contribution in [0.4, 0.5) is 23.7 Å². The lowest BCUT2D eigenvalue weighted by molar-refractivity contribution is -0.203. The molecule has 1 atom stereocenters. The minimum Gasteiger partial charge on any atom is -0.466 e. The van der Waals surface area contributed by atoms with Crippen molar-refractivity contribution in [2.45, 2.75) is 18.8 Å². The average molecular weight is 355 g/mol. The molecule has 23 heavy (non-hydrogen) atoms. The largest absolute Gasteiger partial charge is 0.466 e. The van der Waals surface area contributed by atoms with E-state index in [0.29, 0.717) is 0 Å². The first-order chi connectivity index (χ1) is 10.7. The third-order valence-corrected chi connectivity index (χ3v) is 2.91. The fourth-order valence-electron chi connectivity index (χ4n) is 1.61. The van der Waals surface area contributed by atoms with Crippen LogP contribution >= 0.6 is 11.6 Å². The lowest BCUT2D eigenvalue weighted by atomic mass is 10.1. The highest BCUT2D eigenvalue weighted by Crippen LogP contribution is 2.33. The van der Waals surface area contributed by atoms with Crippen LogP contribution in [0, 0.1) is 0 Å². The zero-order valence-electron chi connectivity index (χ0n) is 12.2. The molecule has 6 nitrogen and oxygen atoms in total. The van der Waals surface area contributed by atoms with E-state index in [9.17, 15) is 22.8 Å². The van der Waals surface area contributed by atoms with Crippen molar-refractivity contribution in [2.75, 3.05) is 19.0 Å². The molecule has 0 aliphatic rings. The van der Waals surface area contributed by atoms with Crippen LogP contribution in [0.3, 0.4) is 0 Å². The number of hydrogen-bond acceptors (Lipinski definition) is 5. The Morgan fingerprint density at radius 2 is 1.78 bits per heavy atom. The summed E-state index contributed by atoms with van der Waals surface area (Å²) in [5, 5.41) is 3.69. The summed E-state index contributed by atoms with van der Waals surface area (Å²) < 4.78 is 49.2. The molecule has 0 heterocycles. The quantitative estimate of drug-likeness (QED) is 0.628. The lowest BCUT2D eigenvalue weighted by Crippen LogP contribution is -2.69. The first-order valence-electron chi connectivity index (χ1n) is 6.30. The smallest absolute Gasteiger partial charge is 0.442 e. The second-order valence-electron chi connectivity index (χ2n) is 4.22. The first kappa shape index (κ1) is 18.9. The highest BCUT2D eigenvalue weighted by Gasteiger charge is 2.63. The lowest BCUT2D eigenvalue weighted by Gasteiger charge is -2.34. The number of hydrogen-bond donors (Lipinski definition) is 2. The van der Waals surface area contributed by atoms with Crippen LogP contribution in [-0.2, 0) is 14.3 Å². The number of amides is 1. The van der Waals surface area contributed by atoms with Gasteiger partial charge in [0, 0.05) is 10.7 Å². The number of ether oxygens (including phenoxy) is 2. The topological polar surface area (TPSA) is 76.7 Å². The maximum absolute atomic E-state index is 13.5. The molecular weight excluding hydrogens is 341 g/mol. The van der Waals surface area contributed by atoms with Crippen LogP contribution in [0.1, 0.15) is 6.92 Å². The Balaban J connectivity index is 3.28. The van der Waals surface area contributed by atoms with Crippen LogP contribution in [-0.4, -0.2) is 37.6 Å². The molecule has 1 amide bonds. The Labute approximate surface area is 134 Å². The molecule has 1 rings (SSSR count). The molecule has 10 heteroatoms. The number of anilines is 1. The van der Waals surface area contributed by atoms with Gasteiger partial charge in [-0.15, -0.1) is 0 Å². The van der Waals surface area contributed by atoms with E-state index < -0.39 is 23.9 Å². The van der Waals surface area contributed by atoms with Crippen molar-refractivity contribution in [3.8, 4) is 0 Å². The molecule has 1 aromatic carbocycles. The normalized spacial score (nSPS) is 13.7. The molecule has 2 N–H and O–H groups in total. The molecule has 0 fully saturated rings. The van der Waals surface area contributed by atoms with Crippen LogP contribution in [0.15, 0.2) is 24.3 Å². The molecule has 0 aliphatic carbocycles. The number of halogens is 4. The van der Waals surface area contributed by atoms with E-state index in [1.165, 1.54) is 36.5 Å². The predicted octanol–water partition coefficient (Wildman–Crippen LogP) is 2.93. The number of carbonyl (C=O) groups is 2. The van der Waals surface area contributed by atoms with Crippen molar-refractivity contribution in [2.24, 2.45) is 0 Å². The number of carbonyl (C=O) groups excluding carboxylic acids is 2. The van der Waals surface area contributed by atoms with Gasteiger partial charge in [-0.2, -0.15) is 13.2 Å². The zero-order valence-corrected chi connectivity index (χ0v) is 12.9. The van der Waals surface area contributed by atoms with Gasteiger partial charge in [0.1, 0.15) is 0 Å². The van der Waals surface area contributed by atoms with E-state index >= 15 is 0 Å². The monoisotopic (exact) mass is 354 g/mol. The molecule has 0 unspecified atom stereocenters. The van der Waals surface area contributed by atoms with Crippen molar-refractivity contribution in [1.82, 2.24) is 5.32 Å². The summed E-state index contributed by atoms with van der Waals surface area (Å²) in [7, 11) is 0.763. The number of nitrogens with one attached hydrogen (secondary N) is 2. The summed E-state index contributed by atoms with van der Waals surface area (Å²) in [4.78, 5) is 23.3. The van der Waals surface area contributed by atoms with E-state index in [1.54, 1.807) is 0 Å². The van der Waals surface area contributed by atoms with Crippen molar-refractivity contribution < 1.29 is 32.2 Å². The Bertz CT molecular complexity index is 565. The van der Waals surface area contributed by atoms with Crippen molar-refractivity contribution in [1.29, 1.82) is 0 Å². The molecule has 0 spiro atoms. The molecule has 1 aromatic rings. The summed E-state index contributed by atoms with van der Waals surface area (Å²) in [6, 6.07) is 5.04. The molecule has 0 bridgehead atoms. The predicted molar refractivity (Wildman–Crippen MR) is 76.0 cm³/mol. The summed E-state index contributed by atoms with van der Waals surface area (Å²) >= 11 is 5.66.